The van der Waals surface area contributed by atoms with Gasteiger partial charge in [-0.25, -0.2) is 0 Å². The highest BCUT2D eigenvalue weighted by atomic mass is 19.4. The highest BCUT2D eigenvalue weighted by Gasteiger charge is 2.31. The van der Waals surface area contributed by atoms with Crippen LogP contribution in [0.2, 0.25) is 0 Å². The summed E-state index contributed by atoms with van der Waals surface area (Å²) in [6.07, 6.45) is -4.47. The molecular formula is C23H27F3N2O4. The van der Waals surface area contributed by atoms with Crippen LogP contribution in [-0.2, 0) is 17.5 Å². The minimum Gasteiger partial charge on any atom is -0.497 e. The Balaban J connectivity index is 2.18. The van der Waals surface area contributed by atoms with Crippen molar-refractivity contribution in [2.45, 2.75) is 32.6 Å². The number of nitrogens with zero attached hydrogens (tertiary/aromatic N) is 1. The molecule has 1 N–H and O–H groups in total. The summed E-state index contributed by atoms with van der Waals surface area (Å²) >= 11 is 0. The molecule has 32 heavy (non-hydrogen) atoms. The van der Waals surface area contributed by atoms with Crippen molar-refractivity contribution in [2.75, 3.05) is 21.3 Å². The van der Waals surface area contributed by atoms with Gasteiger partial charge in [0.2, 0.25) is 5.91 Å². The van der Waals surface area contributed by atoms with Crippen LogP contribution in [0.4, 0.5) is 13.2 Å². The summed E-state index contributed by atoms with van der Waals surface area (Å²) in [5.41, 5.74) is -0.196. The topological polar surface area (TPSA) is 67.9 Å². The van der Waals surface area contributed by atoms with Crippen molar-refractivity contribution < 1.29 is 32.2 Å². The molecule has 174 valence electrons. The standard InChI is InChI=1S/C23H27F3N2O4/c1-14(2)20(27-21(29)16-10-18(31-4)12-19(11-16)32-5)22(30)28(3)13-15-7-6-8-17(9-15)23(24,25)26/h6-12,14,20H,13H2,1-5H3,(H,27,29). The van der Waals surface area contributed by atoms with Crippen molar-refractivity contribution in [3.63, 3.8) is 0 Å². The van der Waals surface area contributed by atoms with Gasteiger partial charge in [0.25, 0.3) is 5.91 Å². The maximum Gasteiger partial charge on any atom is 0.416 e. The summed E-state index contributed by atoms with van der Waals surface area (Å²) < 4.78 is 49.2. The molecule has 0 aliphatic carbocycles. The maximum atomic E-state index is 13.0. The lowest BCUT2D eigenvalue weighted by molar-refractivity contribution is -0.137. The summed E-state index contributed by atoms with van der Waals surface area (Å²) in [6.45, 7) is 3.51. The van der Waals surface area contributed by atoms with Gasteiger partial charge in [0.1, 0.15) is 17.5 Å². The summed E-state index contributed by atoms with van der Waals surface area (Å²) in [7, 11) is 4.40. The van der Waals surface area contributed by atoms with Crippen molar-refractivity contribution in [2.24, 2.45) is 5.92 Å². The maximum absolute atomic E-state index is 13.0. The van der Waals surface area contributed by atoms with Gasteiger partial charge in [0, 0.05) is 25.2 Å². The smallest absolute Gasteiger partial charge is 0.416 e. The second-order valence-corrected chi connectivity index (χ2v) is 7.69. The molecular weight excluding hydrogens is 425 g/mol. The Morgan fingerprint density at radius 1 is 1.03 bits per heavy atom. The lowest BCUT2D eigenvalue weighted by atomic mass is 10.0. The molecule has 2 rings (SSSR count). The highest BCUT2D eigenvalue weighted by Crippen LogP contribution is 2.30. The number of likely N-dealkylation sites (N-methyl/N-ethyl adjacent to an activating group) is 1. The number of carbonyl (C=O) groups excluding carboxylic acids is 2. The van der Waals surface area contributed by atoms with Crippen molar-refractivity contribution in [3.8, 4) is 11.5 Å². The van der Waals surface area contributed by atoms with Gasteiger partial charge in [-0.15, -0.1) is 0 Å². The molecule has 9 heteroatoms. The van der Waals surface area contributed by atoms with Gasteiger partial charge in [-0.2, -0.15) is 13.2 Å². The minimum absolute atomic E-state index is 0.0329. The molecule has 2 amide bonds. The van der Waals surface area contributed by atoms with Crippen LogP contribution in [0.25, 0.3) is 0 Å². The lowest BCUT2D eigenvalue weighted by Gasteiger charge is -2.27. The number of hydrogen-bond acceptors (Lipinski definition) is 4. The van der Waals surface area contributed by atoms with Gasteiger partial charge < -0.3 is 19.7 Å². The number of ether oxygens (including phenoxy) is 2. The van der Waals surface area contributed by atoms with E-state index in [4.69, 9.17) is 9.47 Å². The SMILES string of the molecule is COc1cc(OC)cc(C(=O)NC(C(=O)N(C)Cc2cccc(C(F)(F)F)c2)C(C)C)c1. The molecule has 0 aliphatic rings. The molecule has 1 unspecified atom stereocenters. The van der Waals surface area contributed by atoms with Crippen molar-refractivity contribution in [1.29, 1.82) is 0 Å². The third kappa shape index (κ3) is 6.38. The summed E-state index contributed by atoms with van der Waals surface area (Å²) in [5, 5.41) is 2.72. The summed E-state index contributed by atoms with van der Waals surface area (Å²) in [6, 6.07) is 8.58. The van der Waals surface area contributed by atoms with Crippen molar-refractivity contribution in [1.82, 2.24) is 10.2 Å². The molecule has 2 aromatic rings. The van der Waals surface area contributed by atoms with Gasteiger partial charge in [0.05, 0.1) is 19.8 Å². The predicted octanol–water partition coefficient (Wildman–Crippen LogP) is 4.14. The van der Waals surface area contributed by atoms with E-state index in [-0.39, 0.29) is 18.0 Å². The summed E-state index contributed by atoms with van der Waals surface area (Å²) in [5.74, 6) is -0.336. The number of benzene rings is 2. The second kappa shape index (κ2) is 10.4. The predicted molar refractivity (Wildman–Crippen MR) is 114 cm³/mol. The van der Waals surface area contributed by atoms with Crippen molar-refractivity contribution >= 4 is 11.8 Å². The molecule has 1 atom stereocenters. The zero-order valence-electron chi connectivity index (χ0n) is 18.6. The largest absolute Gasteiger partial charge is 0.497 e. The van der Waals surface area contributed by atoms with E-state index in [2.05, 4.69) is 5.32 Å². The average Bonchev–Trinajstić information content (AvgIpc) is 2.75. The number of carbonyl (C=O) groups is 2. The Bertz CT molecular complexity index is 938. The zero-order valence-corrected chi connectivity index (χ0v) is 18.6. The first kappa shape index (κ1) is 25.0. The fraction of sp³-hybridized carbons (Fsp3) is 0.391. The van der Waals surface area contributed by atoms with Crippen LogP contribution < -0.4 is 14.8 Å². The van der Waals surface area contributed by atoms with E-state index in [1.165, 1.54) is 50.4 Å². The third-order valence-corrected chi connectivity index (χ3v) is 4.88. The molecule has 2 aromatic carbocycles. The number of nitrogens with one attached hydrogen (secondary N) is 1. The van der Waals surface area contributed by atoms with E-state index in [1.54, 1.807) is 19.9 Å². The van der Waals surface area contributed by atoms with Crippen LogP contribution in [-0.4, -0.2) is 44.0 Å². The Hall–Kier alpha value is -3.23. The Labute approximate surface area is 185 Å². The molecule has 0 aromatic heterocycles. The Morgan fingerprint density at radius 2 is 1.62 bits per heavy atom. The zero-order chi connectivity index (χ0) is 24.1. The van der Waals surface area contributed by atoms with E-state index in [9.17, 15) is 22.8 Å². The molecule has 0 fully saturated rings. The first-order chi connectivity index (χ1) is 15.0. The molecule has 0 aliphatic heterocycles. The van der Waals surface area contributed by atoms with Crippen molar-refractivity contribution in [3.05, 3.63) is 59.2 Å². The molecule has 0 saturated heterocycles. The number of alkyl halides is 3. The Morgan fingerprint density at radius 3 is 2.12 bits per heavy atom. The monoisotopic (exact) mass is 452 g/mol. The lowest BCUT2D eigenvalue weighted by Crippen LogP contribution is -2.50. The molecule has 0 radical (unpaired) electrons. The van der Waals surface area contributed by atoms with Crippen LogP contribution in [0.3, 0.4) is 0 Å². The van der Waals surface area contributed by atoms with Gasteiger partial charge in [-0.3, -0.25) is 9.59 Å². The molecule has 6 nitrogen and oxygen atoms in total. The fourth-order valence-corrected chi connectivity index (χ4v) is 3.11. The van der Waals surface area contributed by atoms with Crippen LogP contribution in [0.1, 0.15) is 35.3 Å². The molecule has 0 spiro atoms. The quantitative estimate of drug-likeness (QED) is 0.654. The number of amides is 2. The molecule has 0 bridgehead atoms. The molecule has 0 heterocycles. The Kier molecular flexibility index (Phi) is 8.13. The highest BCUT2D eigenvalue weighted by molar-refractivity contribution is 5.98. The van der Waals surface area contributed by atoms with Crippen LogP contribution >= 0.6 is 0 Å². The van der Waals surface area contributed by atoms with Crippen LogP contribution in [0.5, 0.6) is 11.5 Å². The van der Waals surface area contributed by atoms with Crippen LogP contribution in [0.15, 0.2) is 42.5 Å². The molecule has 0 saturated carbocycles. The number of halogens is 3. The van der Waals surface area contributed by atoms with Gasteiger partial charge in [-0.05, 0) is 35.7 Å². The van der Waals surface area contributed by atoms with Gasteiger partial charge in [0.15, 0.2) is 0 Å². The van der Waals surface area contributed by atoms with E-state index in [0.717, 1.165) is 12.1 Å². The minimum atomic E-state index is -4.47. The second-order valence-electron chi connectivity index (χ2n) is 7.69. The van der Waals surface area contributed by atoms with E-state index < -0.39 is 29.6 Å². The van der Waals surface area contributed by atoms with E-state index >= 15 is 0 Å². The number of hydrogen-bond donors (Lipinski definition) is 1. The first-order valence-electron chi connectivity index (χ1n) is 9.91. The van der Waals surface area contributed by atoms with Gasteiger partial charge >= 0.3 is 6.18 Å². The van der Waals surface area contributed by atoms with Crippen LogP contribution in [0, 0.1) is 5.92 Å². The summed E-state index contributed by atoms with van der Waals surface area (Å²) in [4.78, 5) is 27.1. The average molecular weight is 452 g/mol. The fourth-order valence-electron chi connectivity index (χ4n) is 3.11. The van der Waals surface area contributed by atoms with E-state index in [0.29, 0.717) is 17.1 Å². The third-order valence-electron chi connectivity index (χ3n) is 4.88. The normalized spacial score (nSPS) is 12.3. The number of methoxy groups -OCH3 is 2. The first-order valence-corrected chi connectivity index (χ1v) is 9.91. The van der Waals surface area contributed by atoms with E-state index in [1.807, 2.05) is 0 Å². The van der Waals surface area contributed by atoms with Gasteiger partial charge in [-0.1, -0.05) is 26.0 Å². The number of rotatable bonds is 8.